The molecule has 3 aromatic rings. The highest BCUT2D eigenvalue weighted by molar-refractivity contribution is 9.10. The minimum Gasteiger partial charge on any atom is -0.451 e. The molecule has 7 nitrogen and oxygen atoms in total. The van der Waals surface area contributed by atoms with Gasteiger partial charge in [0.1, 0.15) is 5.76 Å². The van der Waals surface area contributed by atoms with Crippen LogP contribution in [0.3, 0.4) is 0 Å². The second-order valence-corrected chi connectivity index (χ2v) is 8.02. The second-order valence-electron chi connectivity index (χ2n) is 6.29. The van der Waals surface area contributed by atoms with Crippen LogP contribution in [0.2, 0.25) is 0 Å². The molecule has 3 rings (SSSR count). The molecule has 1 heterocycles. The van der Waals surface area contributed by atoms with Crippen molar-refractivity contribution in [2.75, 3.05) is 10.6 Å². The number of halogens is 1. The Morgan fingerprint density at radius 2 is 1.35 bits per heavy atom. The molecule has 0 aliphatic heterocycles. The van der Waals surface area contributed by atoms with Gasteiger partial charge in [0.15, 0.2) is 16.0 Å². The van der Waals surface area contributed by atoms with Crippen LogP contribution in [0.4, 0.5) is 11.4 Å². The van der Waals surface area contributed by atoms with Crippen molar-refractivity contribution < 1.29 is 14.0 Å². The summed E-state index contributed by atoms with van der Waals surface area (Å²) in [5.41, 5.74) is 2.21. The molecule has 0 unspecified atom stereocenters. The first kappa shape index (κ1) is 22.6. The van der Waals surface area contributed by atoms with Crippen LogP contribution in [-0.4, -0.2) is 22.0 Å². The maximum absolute atomic E-state index is 12.4. The molecule has 1 aromatic heterocycles. The standard InChI is InChI=1S/C21H17BrN4O3S2/c1-12(27)23-20(30)24-15-6-8-16(9-7-15)25-21(31)26-19(28)18-11-10-17(29-18)13-2-4-14(22)5-3-13/h2-11H,1H3,(H2,23,24,27,30)(H2,25,26,28,31). The Morgan fingerprint density at radius 1 is 0.806 bits per heavy atom. The molecule has 0 spiro atoms. The van der Waals surface area contributed by atoms with E-state index in [0.29, 0.717) is 17.1 Å². The van der Waals surface area contributed by atoms with Gasteiger partial charge in [0.2, 0.25) is 5.91 Å². The summed E-state index contributed by atoms with van der Waals surface area (Å²) >= 11 is 13.6. The summed E-state index contributed by atoms with van der Waals surface area (Å²) in [5, 5.41) is 11.2. The van der Waals surface area contributed by atoms with E-state index in [1.807, 2.05) is 24.3 Å². The van der Waals surface area contributed by atoms with Gasteiger partial charge >= 0.3 is 0 Å². The van der Waals surface area contributed by atoms with Gasteiger partial charge in [-0.3, -0.25) is 14.9 Å². The number of carbonyl (C=O) groups excluding carboxylic acids is 2. The largest absolute Gasteiger partial charge is 0.451 e. The van der Waals surface area contributed by atoms with E-state index in [1.165, 1.54) is 6.92 Å². The van der Waals surface area contributed by atoms with Crippen LogP contribution >= 0.6 is 40.4 Å². The second kappa shape index (κ2) is 10.3. The quantitative estimate of drug-likeness (QED) is 0.374. The van der Waals surface area contributed by atoms with E-state index in [4.69, 9.17) is 28.9 Å². The summed E-state index contributed by atoms with van der Waals surface area (Å²) in [4.78, 5) is 23.4. The van der Waals surface area contributed by atoms with Gasteiger partial charge in [0.25, 0.3) is 5.91 Å². The first-order valence-electron chi connectivity index (χ1n) is 8.97. The topological polar surface area (TPSA) is 95.4 Å². The maximum Gasteiger partial charge on any atom is 0.293 e. The van der Waals surface area contributed by atoms with Gasteiger partial charge in [-0.15, -0.1) is 0 Å². The highest BCUT2D eigenvalue weighted by Gasteiger charge is 2.14. The minimum absolute atomic E-state index is 0.126. The highest BCUT2D eigenvalue weighted by atomic mass is 79.9. The number of benzene rings is 2. The van der Waals surface area contributed by atoms with Crippen molar-refractivity contribution in [1.29, 1.82) is 0 Å². The zero-order valence-corrected chi connectivity index (χ0v) is 19.4. The molecule has 0 saturated heterocycles. The summed E-state index contributed by atoms with van der Waals surface area (Å²) in [7, 11) is 0. The average molecular weight is 517 g/mol. The maximum atomic E-state index is 12.4. The number of rotatable bonds is 4. The van der Waals surface area contributed by atoms with Crippen LogP contribution in [0.15, 0.2) is 69.6 Å². The third kappa shape index (κ3) is 6.71. The predicted octanol–water partition coefficient (Wildman–Crippen LogP) is 4.67. The predicted molar refractivity (Wildman–Crippen MR) is 132 cm³/mol. The lowest BCUT2D eigenvalue weighted by Crippen LogP contribution is -2.34. The van der Waals surface area contributed by atoms with Crippen molar-refractivity contribution in [3.8, 4) is 11.3 Å². The van der Waals surface area contributed by atoms with Gasteiger partial charge in [-0.1, -0.05) is 28.1 Å². The number of hydrogen-bond donors (Lipinski definition) is 4. The number of amides is 2. The first-order valence-corrected chi connectivity index (χ1v) is 10.6. The third-order valence-electron chi connectivity index (χ3n) is 3.88. The molecule has 0 radical (unpaired) electrons. The number of hydrogen-bond acceptors (Lipinski definition) is 5. The summed E-state index contributed by atoms with van der Waals surface area (Å²) in [6.07, 6.45) is 0. The van der Waals surface area contributed by atoms with E-state index in [0.717, 1.165) is 10.0 Å². The van der Waals surface area contributed by atoms with E-state index < -0.39 is 5.91 Å². The molecule has 0 fully saturated rings. The summed E-state index contributed by atoms with van der Waals surface area (Å²) < 4.78 is 6.59. The van der Waals surface area contributed by atoms with Crippen LogP contribution in [-0.2, 0) is 4.79 Å². The average Bonchev–Trinajstić information content (AvgIpc) is 3.20. The molecule has 31 heavy (non-hydrogen) atoms. The zero-order chi connectivity index (χ0) is 22.4. The van der Waals surface area contributed by atoms with E-state index in [9.17, 15) is 9.59 Å². The number of anilines is 2. The fourth-order valence-electron chi connectivity index (χ4n) is 2.52. The number of furan rings is 1. The van der Waals surface area contributed by atoms with Gasteiger partial charge in [-0.25, -0.2) is 0 Å². The Balaban J connectivity index is 1.54. The SMILES string of the molecule is CC(=O)NC(=S)Nc1ccc(NC(=S)NC(=O)c2ccc(-c3ccc(Br)cc3)o2)cc1. The smallest absolute Gasteiger partial charge is 0.293 e. The molecule has 2 aromatic carbocycles. The molecule has 0 bridgehead atoms. The van der Waals surface area contributed by atoms with Gasteiger partial charge in [-0.2, -0.15) is 0 Å². The van der Waals surface area contributed by atoms with E-state index in [-0.39, 0.29) is 21.9 Å². The van der Waals surface area contributed by atoms with Crippen molar-refractivity contribution in [3.05, 3.63) is 70.9 Å². The lowest BCUT2D eigenvalue weighted by atomic mass is 10.2. The number of carbonyl (C=O) groups is 2. The molecular formula is C21H17BrN4O3S2. The van der Waals surface area contributed by atoms with E-state index in [2.05, 4.69) is 37.2 Å². The van der Waals surface area contributed by atoms with E-state index in [1.54, 1.807) is 36.4 Å². The number of thiocarbonyl (C=S) groups is 2. The van der Waals surface area contributed by atoms with Crippen molar-refractivity contribution in [1.82, 2.24) is 10.6 Å². The monoisotopic (exact) mass is 516 g/mol. The normalized spacial score (nSPS) is 10.1. The first-order chi connectivity index (χ1) is 14.8. The van der Waals surface area contributed by atoms with Crippen LogP contribution < -0.4 is 21.3 Å². The Bertz CT molecular complexity index is 1130. The summed E-state index contributed by atoms with van der Waals surface area (Å²) in [5.74, 6) is 0.0158. The molecule has 0 saturated carbocycles. The molecule has 0 atom stereocenters. The molecule has 0 aliphatic rings. The number of nitrogens with one attached hydrogen (secondary N) is 4. The van der Waals surface area contributed by atoms with Crippen molar-refractivity contribution in [2.45, 2.75) is 6.92 Å². The van der Waals surface area contributed by atoms with Gasteiger partial charge < -0.3 is 20.4 Å². The van der Waals surface area contributed by atoms with Gasteiger partial charge in [-0.05, 0) is 73.0 Å². The molecule has 158 valence electrons. The van der Waals surface area contributed by atoms with Crippen LogP contribution in [0.1, 0.15) is 17.5 Å². The van der Waals surface area contributed by atoms with Crippen molar-refractivity contribution in [3.63, 3.8) is 0 Å². The Hall–Kier alpha value is -3.08. The third-order valence-corrected chi connectivity index (χ3v) is 4.81. The Labute approximate surface area is 197 Å². The molecule has 2 amide bonds. The Morgan fingerprint density at radius 3 is 1.90 bits per heavy atom. The van der Waals surface area contributed by atoms with Crippen LogP contribution in [0.5, 0.6) is 0 Å². The molecule has 10 heteroatoms. The van der Waals surface area contributed by atoms with Crippen LogP contribution in [0, 0.1) is 0 Å². The zero-order valence-electron chi connectivity index (χ0n) is 16.2. The van der Waals surface area contributed by atoms with E-state index >= 15 is 0 Å². The van der Waals surface area contributed by atoms with Crippen LogP contribution in [0.25, 0.3) is 11.3 Å². The molecule has 0 aliphatic carbocycles. The molecule has 4 N–H and O–H groups in total. The minimum atomic E-state index is -0.459. The summed E-state index contributed by atoms with van der Waals surface area (Å²) in [6.45, 7) is 1.38. The van der Waals surface area contributed by atoms with Crippen molar-refractivity contribution in [2.24, 2.45) is 0 Å². The van der Waals surface area contributed by atoms with Crippen molar-refractivity contribution >= 4 is 73.8 Å². The Kier molecular flexibility index (Phi) is 7.50. The molecular weight excluding hydrogens is 500 g/mol. The van der Waals surface area contributed by atoms with Gasteiger partial charge in [0.05, 0.1) is 0 Å². The van der Waals surface area contributed by atoms with Gasteiger partial charge in [0, 0.05) is 28.3 Å². The lowest BCUT2D eigenvalue weighted by Gasteiger charge is -2.11. The highest BCUT2D eigenvalue weighted by Crippen LogP contribution is 2.24. The lowest BCUT2D eigenvalue weighted by molar-refractivity contribution is -0.117. The fraction of sp³-hybridized carbons (Fsp3) is 0.0476. The summed E-state index contributed by atoms with van der Waals surface area (Å²) in [6, 6.07) is 17.9. The fourth-order valence-corrected chi connectivity index (χ4v) is 3.25.